The number of carbonyl (C=O) groups excluding carboxylic acids is 3. The van der Waals surface area contributed by atoms with E-state index in [4.69, 9.17) is 4.74 Å². The van der Waals surface area contributed by atoms with E-state index in [1.165, 1.54) is 7.11 Å². The fourth-order valence-corrected chi connectivity index (χ4v) is 3.64. The lowest BCUT2D eigenvalue weighted by atomic mass is 10.1. The number of anilines is 2. The summed E-state index contributed by atoms with van der Waals surface area (Å²) in [6, 6.07) is 11.8. The highest BCUT2D eigenvalue weighted by Crippen LogP contribution is 2.37. The molecule has 1 atom stereocenters. The molecule has 7 heteroatoms. The van der Waals surface area contributed by atoms with Gasteiger partial charge in [-0.2, -0.15) is 0 Å². The van der Waals surface area contributed by atoms with E-state index in [9.17, 15) is 14.4 Å². The third-order valence-corrected chi connectivity index (χ3v) is 5.10. The molecule has 0 aliphatic carbocycles. The second-order valence-electron chi connectivity index (χ2n) is 6.84. The van der Waals surface area contributed by atoms with Gasteiger partial charge in [0.1, 0.15) is 12.6 Å². The molecule has 144 valence electrons. The van der Waals surface area contributed by atoms with Crippen molar-refractivity contribution in [2.45, 2.75) is 25.5 Å². The van der Waals surface area contributed by atoms with Gasteiger partial charge in [0, 0.05) is 6.54 Å². The van der Waals surface area contributed by atoms with Crippen molar-refractivity contribution in [1.82, 2.24) is 0 Å². The summed E-state index contributed by atoms with van der Waals surface area (Å²) in [6.07, 6.45) is 1.83. The smallest absolute Gasteiger partial charge is 0.338 e. The van der Waals surface area contributed by atoms with Crippen molar-refractivity contribution < 1.29 is 23.9 Å². The first-order chi connectivity index (χ1) is 13.6. The standard InChI is InChI=1S/C21H20N2O5/c1-27-20(25)14-6-4-13(5-7-14)12-28-21(26)15-8-9-17-16(11-15)22-19(24)18-3-2-10-23(17)18/h4-9,11,18H,2-3,10,12H2,1H3,(H,22,24)/t18-/m0/s1. The van der Waals surface area contributed by atoms with Crippen LogP contribution in [0, 0.1) is 0 Å². The van der Waals surface area contributed by atoms with Gasteiger partial charge in [-0.25, -0.2) is 9.59 Å². The summed E-state index contributed by atoms with van der Waals surface area (Å²) in [5.74, 6) is -0.918. The maximum absolute atomic E-state index is 12.4. The summed E-state index contributed by atoms with van der Waals surface area (Å²) in [6.45, 7) is 0.925. The molecule has 1 N–H and O–H groups in total. The van der Waals surface area contributed by atoms with Crippen LogP contribution in [-0.4, -0.2) is 37.5 Å². The van der Waals surface area contributed by atoms with Gasteiger partial charge in [-0.05, 0) is 48.7 Å². The Morgan fingerprint density at radius 3 is 2.61 bits per heavy atom. The van der Waals surface area contributed by atoms with Crippen molar-refractivity contribution in [3.8, 4) is 0 Å². The minimum atomic E-state index is -0.474. The van der Waals surface area contributed by atoms with Gasteiger partial charge < -0.3 is 19.7 Å². The minimum Gasteiger partial charge on any atom is -0.465 e. The monoisotopic (exact) mass is 380 g/mol. The van der Waals surface area contributed by atoms with E-state index < -0.39 is 11.9 Å². The van der Waals surface area contributed by atoms with Gasteiger partial charge in [-0.15, -0.1) is 0 Å². The number of nitrogens with one attached hydrogen (secondary N) is 1. The van der Waals surface area contributed by atoms with Crippen molar-refractivity contribution in [1.29, 1.82) is 0 Å². The van der Waals surface area contributed by atoms with Gasteiger partial charge >= 0.3 is 11.9 Å². The normalized spacial score (nSPS) is 17.4. The average Bonchev–Trinajstić information content (AvgIpc) is 3.22. The maximum atomic E-state index is 12.4. The van der Waals surface area contributed by atoms with Gasteiger partial charge in [0.05, 0.1) is 29.6 Å². The third kappa shape index (κ3) is 3.31. The largest absolute Gasteiger partial charge is 0.465 e. The molecule has 1 amide bonds. The second-order valence-corrected chi connectivity index (χ2v) is 6.84. The Hall–Kier alpha value is -3.35. The summed E-state index contributed by atoms with van der Waals surface area (Å²) in [5, 5.41) is 2.89. The minimum absolute atomic E-state index is 0.0267. The van der Waals surface area contributed by atoms with Crippen molar-refractivity contribution in [3.05, 3.63) is 59.2 Å². The quantitative estimate of drug-likeness (QED) is 0.821. The van der Waals surface area contributed by atoms with Crippen molar-refractivity contribution >= 4 is 29.2 Å². The van der Waals surface area contributed by atoms with Gasteiger partial charge in [0.15, 0.2) is 0 Å². The van der Waals surface area contributed by atoms with E-state index >= 15 is 0 Å². The zero-order chi connectivity index (χ0) is 19.7. The molecule has 1 fully saturated rings. The Labute approximate surface area is 162 Å². The molecule has 2 aromatic rings. The molecule has 28 heavy (non-hydrogen) atoms. The van der Waals surface area contributed by atoms with Crippen LogP contribution in [0.1, 0.15) is 39.1 Å². The first-order valence-electron chi connectivity index (χ1n) is 9.13. The number of methoxy groups -OCH3 is 1. The van der Waals surface area contributed by atoms with Crippen LogP contribution in [-0.2, 0) is 20.9 Å². The van der Waals surface area contributed by atoms with E-state index in [2.05, 4.69) is 15.0 Å². The Morgan fingerprint density at radius 1 is 1.11 bits per heavy atom. The van der Waals surface area contributed by atoms with Crippen molar-refractivity contribution in [2.24, 2.45) is 0 Å². The third-order valence-electron chi connectivity index (χ3n) is 5.10. The first-order valence-corrected chi connectivity index (χ1v) is 9.13. The molecule has 1 saturated heterocycles. The van der Waals surface area contributed by atoms with Crippen molar-refractivity contribution in [2.75, 3.05) is 23.9 Å². The fraction of sp³-hybridized carbons (Fsp3) is 0.286. The number of nitrogens with zero attached hydrogens (tertiary/aromatic N) is 1. The van der Waals surface area contributed by atoms with Crippen LogP contribution in [0.5, 0.6) is 0 Å². The average molecular weight is 380 g/mol. The van der Waals surface area contributed by atoms with E-state index in [1.54, 1.807) is 36.4 Å². The molecule has 2 aromatic carbocycles. The lowest BCUT2D eigenvalue weighted by Crippen LogP contribution is -2.43. The molecule has 0 unspecified atom stereocenters. The topological polar surface area (TPSA) is 84.9 Å². The van der Waals surface area contributed by atoms with Crippen LogP contribution in [0.25, 0.3) is 0 Å². The number of fused-ring (bicyclic) bond motifs is 3. The number of hydrogen-bond donors (Lipinski definition) is 1. The number of benzene rings is 2. The number of ether oxygens (including phenoxy) is 2. The molecule has 2 heterocycles. The van der Waals surface area contributed by atoms with Crippen LogP contribution >= 0.6 is 0 Å². The van der Waals surface area contributed by atoms with Gasteiger partial charge in [-0.1, -0.05) is 12.1 Å². The molecule has 0 spiro atoms. The molecule has 0 aromatic heterocycles. The molecular formula is C21H20N2O5. The van der Waals surface area contributed by atoms with E-state index in [-0.39, 0.29) is 18.6 Å². The highest BCUT2D eigenvalue weighted by atomic mass is 16.5. The molecule has 0 radical (unpaired) electrons. The van der Waals surface area contributed by atoms with Crippen molar-refractivity contribution in [3.63, 3.8) is 0 Å². The highest BCUT2D eigenvalue weighted by Gasteiger charge is 2.36. The number of rotatable bonds is 4. The summed E-state index contributed by atoms with van der Waals surface area (Å²) < 4.78 is 10.0. The SMILES string of the molecule is COC(=O)c1ccc(COC(=O)c2ccc3c(c2)NC(=O)[C@@H]2CCCN32)cc1. The molecule has 4 rings (SSSR count). The lowest BCUT2D eigenvalue weighted by Gasteiger charge is -2.33. The van der Waals surface area contributed by atoms with E-state index in [1.807, 2.05) is 6.07 Å². The number of carbonyl (C=O) groups is 3. The van der Waals surface area contributed by atoms with Crippen LogP contribution in [0.2, 0.25) is 0 Å². The first kappa shape index (κ1) is 18.0. The van der Waals surface area contributed by atoms with Crippen LogP contribution in [0.15, 0.2) is 42.5 Å². The van der Waals surface area contributed by atoms with Crippen LogP contribution < -0.4 is 10.2 Å². The Balaban J connectivity index is 1.44. The predicted octanol–water partition coefficient (Wildman–Crippen LogP) is 2.75. The molecule has 0 saturated carbocycles. The van der Waals surface area contributed by atoms with Crippen LogP contribution in [0.3, 0.4) is 0 Å². The summed E-state index contributed by atoms with van der Waals surface area (Å²) >= 11 is 0. The molecular weight excluding hydrogens is 360 g/mol. The molecule has 7 nitrogen and oxygen atoms in total. The second kappa shape index (κ2) is 7.34. The maximum Gasteiger partial charge on any atom is 0.338 e. The van der Waals surface area contributed by atoms with Gasteiger partial charge in [0.25, 0.3) is 0 Å². The molecule has 2 aliphatic rings. The van der Waals surface area contributed by atoms with Crippen LogP contribution in [0.4, 0.5) is 11.4 Å². The predicted molar refractivity (Wildman–Crippen MR) is 102 cm³/mol. The number of hydrogen-bond acceptors (Lipinski definition) is 6. The number of esters is 2. The Kier molecular flexibility index (Phi) is 4.73. The van der Waals surface area contributed by atoms with Gasteiger partial charge in [0.2, 0.25) is 5.91 Å². The number of amides is 1. The lowest BCUT2D eigenvalue weighted by molar-refractivity contribution is -0.117. The summed E-state index contributed by atoms with van der Waals surface area (Å²) in [5.41, 5.74) is 3.15. The zero-order valence-corrected chi connectivity index (χ0v) is 15.4. The molecule has 2 aliphatic heterocycles. The van der Waals surface area contributed by atoms with E-state index in [0.717, 1.165) is 30.6 Å². The Morgan fingerprint density at radius 2 is 1.86 bits per heavy atom. The molecule has 0 bridgehead atoms. The highest BCUT2D eigenvalue weighted by molar-refractivity contribution is 6.05. The fourth-order valence-electron chi connectivity index (χ4n) is 3.64. The summed E-state index contributed by atoms with van der Waals surface area (Å²) in [7, 11) is 1.32. The van der Waals surface area contributed by atoms with E-state index in [0.29, 0.717) is 16.8 Å². The zero-order valence-electron chi connectivity index (χ0n) is 15.4. The van der Waals surface area contributed by atoms with Gasteiger partial charge in [-0.3, -0.25) is 4.79 Å². The Bertz CT molecular complexity index is 938. The summed E-state index contributed by atoms with van der Waals surface area (Å²) in [4.78, 5) is 38.2.